The molecule has 2 N–H and O–H groups in total. The Kier molecular flexibility index (Phi) is 4.42. The Balaban J connectivity index is 2.23. The van der Waals surface area contributed by atoms with E-state index in [0.717, 1.165) is 0 Å². The first kappa shape index (κ1) is 14.8. The van der Waals surface area contributed by atoms with Gasteiger partial charge in [-0.25, -0.2) is 4.39 Å². The molecule has 21 heavy (non-hydrogen) atoms. The molecule has 0 spiro atoms. The van der Waals surface area contributed by atoms with Crippen molar-refractivity contribution in [2.24, 2.45) is 0 Å². The van der Waals surface area contributed by atoms with Crippen LogP contribution in [0.3, 0.4) is 0 Å². The van der Waals surface area contributed by atoms with Crippen molar-refractivity contribution in [3.8, 4) is 11.5 Å². The number of nitrogen functional groups attached to an aromatic ring is 1. The van der Waals surface area contributed by atoms with Gasteiger partial charge >= 0.3 is 0 Å². The van der Waals surface area contributed by atoms with Gasteiger partial charge in [0.25, 0.3) is 0 Å². The molecule has 0 radical (unpaired) electrons. The van der Waals surface area contributed by atoms with E-state index in [1.165, 1.54) is 26.4 Å². The lowest BCUT2D eigenvalue weighted by atomic mass is 10.0. The lowest BCUT2D eigenvalue weighted by Gasteiger charge is -2.08. The predicted octanol–water partition coefficient (Wildman–Crippen LogP) is 2.85. The average molecular weight is 289 g/mol. The van der Waals surface area contributed by atoms with Crippen molar-refractivity contribution in [1.29, 1.82) is 0 Å². The number of benzene rings is 2. The second kappa shape index (κ2) is 6.26. The van der Waals surface area contributed by atoms with Gasteiger partial charge in [-0.1, -0.05) is 6.07 Å². The van der Waals surface area contributed by atoms with E-state index in [4.69, 9.17) is 15.2 Å². The Bertz CT molecular complexity index is 671. The Hall–Kier alpha value is -2.56. The van der Waals surface area contributed by atoms with E-state index in [9.17, 15) is 9.18 Å². The largest absolute Gasteiger partial charge is 0.497 e. The summed E-state index contributed by atoms with van der Waals surface area (Å²) in [5.41, 5.74) is 7.10. The zero-order chi connectivity index (χ0) is 15.4. The molecule has 0 heterocycles. The number of methoxy groups -OCH3 is 2. The molecule has 0 unspecified atom stereocenters. The standard InChI is InChI=1S/C16H16FNO3/c1-20-11-4-5-14(18)12(9-11)15(19)8-10-3-6-16(21-2)13(17)7-10/h3-7,9H,8,18H2,1-2H3. The summed E-state index contributed by atoms with van der Waals surface area (Å²) < 4.78 is 23.5. The summed E-state index contributed by atoms with van der Waals surface area (Å²) in [6, 6.07) is 9.30. The van der Waals surface area contributed by atoms with E-state index in [1.807, 2.05) is 0 Å². The first-order valence-electron chi connectivity index (χ1n) is 6.34. The highest BCUT2D eigenvalue weighted by Crippen LogP contribution is 2.23. The summed E-state index contributed by atoms with van der Waals surface area (Å²) in [6.07, 6.45) is 0.0539. The van der Waals surface area contributed by atoms with Gasteiger partial charge in [-0.05, 0) is 35.9 Å². The monoisotopic (exact) mass is 289 g/mol. The maximum atomic E-state index is 13.6. The smallest absolute Gasteiger partial charge is 0.169 e. The van der Waals surface area contributed by atoms with Crippen molar-refractivity contribution < 1.29 is 18.7 Å². The van der Waals surface area contributed by atoms with Gasteiger partial charge in [-0.3, -0.25) is 4.79 Å². The van der Waals surface area contributed by atoms with Crippen LogP contribution in [0.4, 0.5) is 10.1 Å². The minimum Gasteiger partial charge on any atom is -0.497 e. The molecule has 110 valence electrons. The predicted molar refractivity (Wildman–Crippen MR) is 78.4 cm³/mol. The van der Waals surface area contributed by atoms with Gasteiger partial charge in [0, 0.05) is 17.7 Å². The van der Waals surface area contributed by atoms with Gasteiger partial charge in [0.2, 0.25) is 0 Å². The van der Waals surface area contributed by atoms with E-state index in [2.05, 4.69) is 0 Å². The number of hydrogen-bond acceptors (Lipinski definition) is 4. The normalized spacial score (nSPS) is 10.2. The molecule has 2 aromatic carbocycles. The van der Waals surface area contributed by atoms with Crippen LogP contribution in [-0.2, 0) is 6.42 Å². The third kappa shape index (κ3) is 3.31. The molecular formula is C16H16FNO3. The van der Waals surface area contributed by atoms with Crippen LogP contribution < -0.4 is 15.2 Å². The summed E-state index contributed by atoms with van der Waals surface area (Å²) in [6.45, 7) is 0. The van der Waals surface area contributed by atoms with Crippen molar-refractivity contribution in [1.82, 2.24) is 0 Å². The molecule has 0 aliphatic heterocycles. The number of carbonyl (C=O) groups excluding carboxylic acids is 1. The Morgan fingerprint density at radius 3 is 2.52 bits per heavy atom. The highest BCUT2D eigenvalue weighted by atomic mass is 19.1. The molecule has 0 amide bonds. The zero-order valence-electron chi connectivity index (χ0n) is 11.9. The number of halogens is 1. The van der Waals surface area contributed by atoms with Crippen LogP contribution in [0.5, 0.6) is 11.5 Å². The van der Waals surface area contributed by atoms with Crippen LogP contribution in [0.1, 0.15) is 15.9 Å². The summed E-state index contributed by atoms with van der Waals surface area (Å²) in [4.78, 5) is 12.3. The highest BCUT2D eigenvalue weighted by Gasteiger charge is 2.13. The Labute approximate surface area is 122 Å². The molecule has 0 aliphatic rings. The lowest BCUT2D eigenvalue weighted by Crippen LogP contribution is -2.07. The fourth-order valence-corrected chi connectivity index (χ4v) is 2.00. The molecular weight excluding hydrogens is 273 g/mol. The molecule has 0 aromatic heterocycles. The van der Waals surface area contributed by atoms with Crippen molar-refractivity contribution in [3.05, 3.63) is 53.3 Å². The number of nitrogens with two attached hydrogens (primary N) is 1. The van der Waals surface area contributed by atoms with Crippen LogP contribution in [-0.4, -0.2) is 20.0 Å². The third-order valence-corrected chi connectivity index (χ3v) is 3.14. The SMILES string of the molecule is COc1ccc(N)c(C(=O)Cc2ccc(OC)c(F)c2)c1. The topological polar surface area (TPSA) is 61.5 Å². The van der Waals surface area contributed by atoms with E-state index in [0.29, 0.717) is 22.6 Å². The Morgan fingerprint density at radius 2 is 1.90 bits per heavy atom. The number of carbonyl (C=O) groups is 1. The number of hydrogen-bond donors (Lipinski definition) is 1. The third-order valence-electron chi connectivity index (χ3n) is 3.14. The zero-order valence-corrected chi connectivity index (χ0v) is 11.9. The van der Waals surface area contributed by atoms with E-state index in [1.54, 1.807) is 24.3 Å². The van der Waals surface area contributed by atoms with Gasteiger partial charge < -0.3 is 15.2 Å². The molecule has 0 saturated carbocycles. The summed E-state index contributed by atoms with van der Waals surface area (Å²) >= 11 is 0. The van der Waals surface area contributed by atoms with Gasteiger partial charge in [0.15, 0.2) is 17.3 Å². The maximum absolute atomic E-state index is 13.6. The minimum absolute atomic E-state index is 0.0539. The fraction of sp³-hybridized carbons (Fsp3) is 0.188. The van der Waals surface area contributed by atoms with Crippen LogP contribution in [0.2, 0.25) is 0 Å². The second-order valence-electron chi connectivity index (χ2n) is 4.52. The summed E-state index contributed by atoms with van der Waals surface area (Å²) in [5.74, 6) is -0.00191. The number of rotatable bonds is 5. The van der Waals surface area contributed by atoms with Crippen molar-refractivity contribution in [2.45, 2.75) is 6.42 Å². The average Bonchev–Trinajstić information content (AvgIpc) is 2.48. The molecule has 0 aliphatic carbocycles. The summed E-state index contributed by atoms with van der Waals surface area (Å²) in [5, 5.41) is 0. The number of anilines is 1. The first-order chi connectivity index (χ1) is 10.0. The molecule has 0 bridgehead atoms. The van der Waals surface area contributed by atoms with Gasteiger partial charge in [0.1, 0.15) is 5.75 Å². The molecule has 0 fully saturated rings. The van der Waals surface area contributed by atoms with E-state index >= 15 is 0 Å². The molecule has 0 atom stereocenters. The van der Waals surface area contributed by atoms with E-state index in [-0.39, 0.29) is 18.0 Å². The van der Waals surface area contributed by atoms with Crippen molar-refractivity contribution in [2.75, 3.05) is 20.0 Å². The van der Waals surface area contributed by atoms with E-state index < -0.39 is 5.82 Å². The van der Waals surface area contributed by atoms with Gasteiger partial charge in [0.05, 0.1) is 14.2 Å². The first-order valence-corrected chi connectivity index (χ1v) is 6.34. The fourth-order valence-electron chi connectivity index (χ4n) is 2.00. The number of ether oxygens (including phenoxy) is 2. The molecule has 0 saturated heterocycles. The second-order valence-corrected chi connectivity index (χ2v) is 4.52. The molecule has 2 aromatic rings. The van der Waals surface area contributed by atoms with Gasteiger partial charge in [-0.2, -0.15) is 0 Å². The highest BCUT2D eigenvalue weighted by molar-refractivity contribution is 6.02. The van der Waals surface area contributed by atoms with Gasteiger partial charge in [-0.15, -0.1) is 0 Å². The van der Waals surface area contributed by atoms with Crippen LogP contribution in [0.25, 0.3) is 0 Å². The Morgan fingerprint density at radius 1 is 1.14 bits per heavy atom. The molecule has 4 nitrogen and oxygen atoms in total. The van der Waals surface area contributed by atoms with Crippen LogP contribution in [0, 0.1) is 5.82 Å². The summed E-state index contributed by atoms with van der Waals surface area (Å²) in [7, 11) is 2.90. The van der Waals surface area contributed by atoms with Crippen molar-refractivity contribution in [3.63, 3.8) is 0 Å². The van der Waals surface area contributed by atoms with Crippen molar-refractivity contribution >= 4 is 11.5 Å². The molecule has 5 heteroatoms. The number of ketones is 1. The molecule has 2 rings (SSSR count). The van der Waals surface area contributed by atoms with Crippen LogP contribution in [0.15, 0.2) is 36.4 Å². The maximum Gasteiger partial charge on any atom is 0.169 e. The number of Topliss-reactive ketones (excluding diaryl/α,β-unsaturated/α-hetero) is 1. The quantitative estimate of drug-likeness (QED) is 0.679. The minimum atomic E-state index is -0.499. The van der Waals surface area contributed by atoms with Crippen LogP contribution >= 0.6 is 0 Å². The lowest BCUT2D eigenvalue weighted by molar-refractivity contribution is 0.0993.